The molecule has 33 heavy (non-hydrogen) atoms. The SMILES string of the molecule is CC(C)c1ccc(COc2c(O)cc(/C=N/NC(=O)c3ccc(O)c(Cl)c3Cl)cc2[OH2+])cc1. The molecule has 0 aliphatic carbocycles. The van der Waals surface area contributed by atoms with Crippen LogP contribution in [0.15, 0.2) is 53.6 Å². The van der Waals surface area contributed by atoms with Crippen LogP contribution >= 0.6 is 23.2 Å². The lowest BCUT2D eigenvalue weighted by atomic mass is 10.0. The Kier molecular flexibility index (Phi) is 7.68. The summed E-state index contributed by atoms with van der Waals surface area (Å²) in [5.74, 6) is -0.655. The standard InChI is InChI=1S/C24H22Cl2N2O5/c1-13(2)16-5-3-14(4-6-16)12-33-23-19(30)9-15(10-20(23)31)11-27-28-24(32)17-7-8-18(29)22(26)21(17)25/h3-11,13,29-31H,12H2,1-2H3,(H,28,32)/p+1/b27-11+. The van der Waals surface area contributed by atoms with E-state index in [1.54, 1.807) is 0 Å². The highest BCUT2D eigenvalue weighted by atomic mass is 35.5. The van der Waals surface area contributed by atoms with Crippen molar-refractivity contribution in [2.45, 2.75) is 26.4 Å². The van der Waals surface area contributed by atoms with Crippen LogP contribution in [0.4, 0.5) is 0 Å². The van der Waals surface area contributed by atoms with Gasteiger partial charge in [-0.15, -0.1) is 0 Å². The van der Waals surface area contributed by atoms with Gasteiger partial charge in [0.05, 0.1) is 16.8 Å². The third-order valence-electron chi connectivity index (χ3n) is 4.81. The molecule has 0 saturated heterocycles. The highest BCUT2D eigenvalue weighted by molar-refractivity contribution is 6.44. The van der Waals surface area contributed by atoms with Crippen LogP contribution in [0.3, 0.4) is 0 Å². The highest BCUT2D eigenvalue weighted by Crippen LogP contribution is 2.37. The molecule has 3 rings (SSSR count). The summed E-state index contributed by atoms with van der Waals surface area (Å²) in [6, 6.07) is 13.3. The van der Waals surface area contributed by atoms with Crippen LogP contribution in [0.5, 0.6) is 23.0 Å². The van der Waals surface area contributed by atoms with Crippen molar-refractivity contribution in [3.05, 3.63) is 80.8 Å². The molecule has 7 nitrogen and oxygen atoms in total. The molecule has 0 bridgehead atoms. The Labute approximate surface area is 200 Å². The molecule has 0 fully saturated rings. The summed E-state index contributed by atoms with van der Waals surface area (Å²) in [5, 5.41) is 31.5. The zero-order chi connectivity index (χ0) is 24.1. The van der Waals surface area contributed by atoms with E-state index in [0.717, 1.165) is 5.56 Å². The van der Waals surface area contributed by atoms with E-state index < -0.39 is 5.91 Å². The quantitative estimate of drug-likeness (QED) is 0.237. The van der Waals surface area contributed by atoms with Gasteiger partial charge in [-0.2, -0.15) is 5.10 Å². The van der Waals surface area contributed by atoms with Gasteiger partial charge in [0, 0.05) is 11.6 Å². The molecule has 5 N–H and O–H groups in total. The second-order valence-electron chi connectivity index (χ2n) is 7.56. The third-order valence-corrected chi connectivity index (χ3v) is 5.68. The number of carbonyl (C=O) groups excluding carboxylic acids is 1. The first-order chi connectivity index (χ1) is 15.7. The van der Waals surface area contributed by atoms with Crippen molar-refractivity contribution in [1.29, 1.82) is 0 Å². The number of nitrogens with one attached hydrogen (secondary N) is 1. The summed E-state index contributed by atoms with van der Waals surface area (Å²) in [7, 11) is 0. The van der Waals surface area contributed by atoms with Gasteiger partial charge in [-0.25, -0.2) is 5.43 Å². The number of phenolic OH excluding ortho intramolecular Hbond substituents is 2. The molecule has 0 saturated carbocycles. The Morgan fingerprint density at radius 1 is 1.09 bits per heavy atom. The van der Waals surface area contributed by atoms with Crippen molar-refractivity contribution >= 4 is 35.3 Å². The first kappa shape index (κ1) is 24.2. The van der Waals surface area contributed by atoms with E-state index in [0.29, 0.717) is 11.5 Å². The molecule has 9 heteroatoms. The molecule has 0 heterocycles. The highest BCUT2D eigenvalue weighted by Gasteiger charge is 2.17. The van der Waals surface area contributed by atoms with Gasteiger partial charge in [0.2, 0.25) is 0 Å². The Morgan fingerprint density at radius 3 is 2.42 bits per heavy atom. The Hall–Kier alpha value is -3.42. The van der Waals surface area contributed by atoms with E-state index in [1.807, 2.05) is 24.3 Å². The van der Waals surface area contributed by atoms with E-state index in [2.05, 4.69) is 24.4 Å². The Bertz CT molecular complexity index is 1170. The molecule has 3 aromatic carbocycles. The molecule has 0 aromatic heterocycles. The van der Waals surface area contributed by atoms with Crippen LogP contribution in [-0.2, 0) is 6.61 Å². The van der Waals surface area contributed by atoms with Crippen molar-refractivity contribution in [2.24, 2.45) is 5.10 Å². The number of hydrogen-bond acceptors (Lipinski definition) is 5. The number of hydrogen-bond donors (Lipinski definition) is 3. The zero-order valence-corrected chi connectivity index (χ0v) is 19.4. The summed E-state index contributed by atoms with van der Waals surface area (Å²) < 4.78 is 5.64. The van der Waals surface area contributed by atoms with Crippen molar-refractivity contribution in [1.82, 2.24) is 5.43 Å². The summed E-state index contributed by atoms with van der Waals surface area (Å²) in [4.78, 5) is 12.2. The van der Waals surface area contributed by atoms with Crippen molar-refractivity contribution in [2.75, 3.05) is 0 Å². The first-order valence-electron chi connectivity index (χ1n) is 9.98. The normalized spacial score (nSPS) is 11.2. The number of nitrogens with zero attached hydrogens (tertiary/aromatic N) is 1. The number of amides is 1. The molecule has 1 amide bonds. The number of halogens is 2. The maximum absolute atomic E-state index is 12.2. The lowest BCUT2D eigenvalue weighted by Crippen LogP contribution is -2.18. The summed E-state index contributed by atoms with van der Waals surface area (Å²) in [6.07, 6.45) is 1.26. The molecular formula is C24H23Cl2N2O5+. The van der Waals surface area contributed by atoms with Crippen LogP contribution in [0, 0.1) is 0 Å². The van der Waals surface area contributed by atoms with Gasteiger partial charge in [0.15, 0.2) is 5.75 Å². The zero-order valence-electron chi connectivity index (χ0n) is 17.9. The number of rotatable bonds is 7. The van der Waals surface area contributed by atoms with Crippen LogP contribution in [-0.4, -0.2) is 27.4 Å². The van der Waals surface area contributed by atoms with E-state index in [-0.39, 0.29) is 45.2 Å². The summed E-state index contributed by atoms with van der Waals surface area (Å²) in [5.41, 5.74) is 4.82. The molecule has 0 unspecified atom stereocenters. The minimum absolute atomic E-state index is 0.0325. The average Bonchev–Trinajstić information content (AvgIpc) is 2.77. The molecular weight excluding hydrogens is 467 g/mol. The van der Waals surface area contributed by atoms with Gasteiger partial charge < -0.3 is 20.1 Å². The summed E-state index contributed by atoms with van der Waals surface area (Å²) in [6.45, 7) is 4.44. The molecule has 172 valence electrons. The van der Waals surface area contributed by atoms with Crippen LogP contribution in [0.1, 0.15) is 46.8 Å². The topological polar surface area (TPSA) is 114 Å². The van der Waals surface area contributed by atoms with Gasteiger partial charge in [-0.3, -0.25) is 4.79 Å². The predicted molar refractivity (Wildman–Crippen MR) is 129 cm³/mol. The van der Waals surface area contributed by atoms with Gasteiger partial charge in [-0.05, 0) is 35.2 Å². The molecule has 0 aliphatic heterocycles. The minimum atomic E-state index is -0.642. The monoisotopic (exact) mass is 489 g/mol. The third kappa shape index (κ3) is 5.88. The Morgan fingerprint density at radius 2 is 1.79 bits per heavy atom. The number of carbonyl (C=O) groups is 1. The van der Waals surface area contributed by atoms with E-state index >= 15 is 0 Å². The number of benzene rings is 3. The van der Waals surface area contributed by atoms with Gasteiger partial charge in [0.25, 0.3) is 11.7 Å². The van der Waals surface area contributed by atoms with Gasteiger partial charge in [-0.1, -0.05) is 61.3 Å². The van der Waals surface area contributed by atoms with Gasteiger partial charge >= 0.3 is 5.75 Å². The lowest BCUT2D eigenvalue weighted by molar-refractivity contribution is 0.0955. The fraction of sp³-hybridized carbons (Fsp3) is 0.167. The second kappa shape index (κ2) is 10.5. The molecule has 3 aromatic rings. The maximum Gasteiger partial charge on any atom is 0.301 e. The predicted octanol–water partition coefficient (Wildman–Crippen LogP) is 5.31. The van der Waals surface area contributed by atoms with Crippen molar-refractivity contribution in [3.63, 3.8) is 0 Å². The molecule has 0 atom stereocenters. The number of aromatic hydroxyl groups is 2. The van der Waals surface area contributed by atoms with Crippen molar-refractivity contribution in [3.8, 4) is 23.0 Å². The Balaban J connectivity index is 1.65. The first-order valence-corrected chi connectivity index (χ1v) is 10.7. The molecule has 0 radical (unpaired) electrons. The minimum Gasteiger partial charge on any atom is -0.591 e. The second-order valence-corrected chi connectivity index (χ2v) is 8.32. The lowest BCUT2D eigenvalue weighted by Gasteiger charge is -2.10. The number of phenols is 2. The summed E-state index contributed by atoms with van der Waals surface area (Å²) >= 11 is 11.8. The number of ether oxygens (including phenoxy) is 1. The molecule has 0 aliphatic rings. The fourth-order valence-electron chi connectivity index (χ4n) is 2.96. The number of hydrazone groups is 1. The molecule has 0 spiro atoms. The van der Waals surface area contributed by atoms with E-state index in [9.17, 15) is 15.0 Å². The van der Waals surface area contributed by atoms with E-state index in [1.165, 1.54) is 36.0 Å². The van der Waals surface area contributed by atoms with Crippen molar-refractivity contribution < 1.29 is 24.9 Å². The van der Waals surface area contributed by atoms with E-state index in [4.69, 9.17) is 33.0 Å². The fourth-order valence-corrected chi connectivity index (χ4v) is 3.37. The largest absolute Gasteiger partial charge is 0.591 e. The van der Waals surface area contributed by atoms with Gasteiger partial charge in [0.1, 0.15) is 17.4 Å². The smallest absolute Gasteiger partial charge is 0.301 e. The van der Waals surface area contributed by atoms with Crippen LogP contribution in [0.2, 0.25) is 10.0 Å². The van der Waals surface area contributed by atoms with Crippen LogP contribution in [0.25, 0.3) is 0 Å². The maximum atomic E-state index is 12.2. The van der Waals surface area contributed by atoms with Crippen LogP contribution < -0.4 is 10.2 Å². The average molecular weight is 490 g/mol.